The van der Waals surface area contributed by atoms with E-state index in [9.17, 15) is 18.6 Å². The van der Waals surface area contributed by atoms with Crippen molar-refractivity contribution in [2.45, 2.75) is 67.0 Å². The van der Waals surface area contributed by atoms with Gasteiger partial charge in [0.1, 0.15) is 34.2 Å². The molecule has 0 spiro atoms. The summed E-state index contributed by atoms with van der Waals surface area (Å²) in [7, 11) is 5.83. The number of aromatic nitrogens is 9. The number of nitrogens with zero attached hydrogens (tertiary/aromatic N) is 11. The molecule has 1 saturated heterocycles. The van der Waals surface area contributed by atoms with Crippen LogP contribution in [0.3, 0.4) is 0 Å². The molecule has 0 amide bonds. The van der Waals surface area contributed by atoms with Crippen molar-refractivity contribution in [3.05, 3.63) is 198 Å². The summed E-state index contributed by atoms with van der Waals surface area (Å²) in [6, 6.07) is 36.1. The molecule has 6 aromatic heterocycles. The van der Waals surface area contributed by atoms with Crippen LogP contribution in [0.25, 0.3) is 33.1 Å². The summed E-state index contributed by atoms with van der Waals surface area (Å²) in [5, 5.41) is 6.66. The summed E-state index contributed by atoms with van der Waals surface area (Å²) >= 11 is 1.47. The number of hydrogen-bond acceptors (Lipinski definition) is 17. The molecule has 0 radical (unpaired) electrons. The van der Waals surface area contributed by atoms with E-state index in [1.807, 2.05) is 42.7 Å². The van der Waals surface area contributed by atoms with E-state index in [2.05, 4.69) is 89.5 Å². The van der Waals surface area contributed by atoms with Gasteiger partial charge in [0, 0.05) is 113 Å². The first-order valence-corrected chi connectivity index (χ1v) is 31.0. The molecule has 1 N–H and O–H groups in total. The lowest BCUT2D eigenvalue weighted by Gasteiger charge is -2.34. The summed E-state index contributed by atoms with van der Waals surface area (Å²) in [6.07, 6.45) is 13.8. The summed E-state index contributed by atoms with van der Waals surface area (Å²) < 4.78 is 33.8. The number of pyridine rings is 3. The maximum atomic E-state index is 13.1. The van der Waals surface area contributed by atoms with Crippen LogP contribution in [-0.2, 0) is 30.1 Å². The second-order valence-corrected chi connectivity index (χ2v) is 23.4. The molecule has 0 saturated carbocycles. The molecule has 434 valence electrons. The van der Waals surface area contributed by atoms with E-state index in [1.165, 1.54) is 46.5 Å². The Morgan fingerprint density at radius 2 is 0.965 bits per heavy atom. The third kappa shape index (κ3) is 11.1. The lowest BCUT2D eigenvalue weighted by atomic mass is 10.1. The number of nitrogens with one attached hydrogen (secondary N) is 1. The van der Waals surface area contributed by atoms with Gasteiger partial charge in [0.15, 0.2) is 5.16 Å². The summed E-state index contributed by atoms with van der Waals surface area (Å²) in [6.45, 7) is 4.21. The maximum Gasteiger partial charge on any atom is 0.252 e. The second kappa shape index (κ2) is 24.4. The fraction of sp³-hybridized carbons (Fsp3) is 0.297. The number of methoxy groups -OCH3 is 3. The zero-order chi connectivity index (χ0) is 58.9. The highest BCUT2D eigenvalue weighted by molar-refractivity contribution is 7.98. The van der Waals surface area contributed by atoms with E-state index in [0.29, 0.717) is 28.0 Å². The Hall–Kier alpha value is -8.79. The number of benzene rings is 4. The van der Waals surface area contributed by atoms with Gasteiger partial charge < -0.3 is 29.3 Å². The number of anilines is 3. The van der Waals surface area contributed by atoms with Crippen molar-refractivity contribution in [2.75, 3.05) is 77.3 Å². The van der Waals surface area contributed by atoms with Gasteiger partial charge in [-0.15, -0.1) is 0 Å². The number of fused-ring (bicyclic) bond motifs is 6. The number of thioether (sulfide) groups is 1. The van der Waals surface area contributed by atoms with E-state index in [-0.39, 0.29) is 40.0 Å². The average molecular weight is 1180 g/mol. The highest BCUT2D eigenvalue weighted by Crippen LogP contribution is 2.43. The van der Waals surface area contributed by atoms with E-state index in [0.717, 1.165) is 120 Å². The topological polar surface area (TPSA) is 207 Å². The van der Waals surface area contributed by atoms with Crippen LogP contribution in [0.15, 0.2) is 159 Å². The molecule has 7 heterocycles. The minimum absolute atomic E-state index is 0.0444. The van der Waals surface area contributed by atoms with Crippen molar-refractivity contribution in [3.63, 3.8) is 0 Å². The lowest BCUT2D eigenvalue weighted by Crippen LogP contribution is -2.44. The van der Waals surface area contributed by atoms with Crippen molar-refractivity contribution in [2.24, 2.45) is 0 Å². The van der Waals surface area contributed by atoms with E-state index < -0.39 is 10.8 Å². The zero-order valence-corrected chi connectivity index (χ0v) is 49.7. The second-order valence-electron chi connectivity index (χ2n) is 21.3. The summed E-state index contributed by atoms with van der Waals surface area (Å²) in [5.74, 6) is 2.88. The molecule has 0 bridgehead atoms. The van der Waals surface area contributed by atoms with E-state index in [4.69, 9.17) is 19.2 Å². The SMILES string of the molecule is COc1cccc2c1C(n1c(=O)ccc3cnc(Nc4ccc(N5CCN(C)CC5)cc4)nc31)CC2.COc1cccc2c1C(n1c(=O)ccc3cnc(S(C)=O)nc31)CC2.COc1cccc2c1C(n1c(=O)ccc3cnc(SC)nc31)CC2. The Morgan fingerprint density at radius 1 is 0.529 bits per heavy atom. The van der Waals surface area contributed by atoms with Crippen LogP contribution in [0.5, 0.6) is 17.2 Å². The van der Waals surface area contributed by atoms with Gasteiger partial charge >= 0.3 is 0 Å². The van der Waals surface area contributed by atoms with Crippen molar-refractivity contribution in [1.29, 1.82) is 0 Å². The summed E-state index contributed by atoms with van der Waals surface area (Å²) in [4.78, 5) is 70.1. The molecular weight excluding hydrogens is 1110 g/mol. The Labute approximate surface area is 497 Å². The van der Waals surface area contributed by atoms with Crippen LogP contribution in [-0.4, -0.2) is 120 Å². The first kappa shape index (κ1) is 56.7. The molecular formula is C64H64N12O7S2. The summed E-state index contributed by atoms with van der Waals surface area (Å²) in [5.41, 5.74) is 10.5. The standard InChI is InChI=1S/C28H30N6O2.C18H17N3O3S.C18H17N3O2S/c1-32-14-16-33(17-15-32)22-10-8-21(9-11-22)30-28-29-18-20-7-13-25(35)34(27(20)31-28)23-12-6-19-4-3-5-24(36-2)26(19)23;1-24-14-5-3-4-11-6-8-13(16(11)14)21-15(22)9-7-12-10-19-18(25(2)23)20-17(12)21;1-23-14-5-3-4-11-6-8-13(16(11)14)21-15(22)9-7-12-10-19-18(24-2)20-17(12)21/h3-5,7-11,13,18,23H,6,12,14-17H2,1-2H3,(H,29,30,31);3-5,7,9-10,13H,6,8H2,1-2H3;3-5,7,9-10,13H,6,8H2,1-2H3. The van der Waals surface area contributed by atoms with Crippen molar-refractivity contribution >= 4 is 73.0 Å². The largest absolute Gasteiger partial charge is 0.496 e. The van der Waals surface area contributed by atoms with Crippen LogP contribution in [0, 0.1) is 0 Å². The van der Waals surface area contributed by atoms with Gasteiger partial charge in [0.2, 0.25) is 11.1 Å². The average Bonchev–Trinajstić information content (AvgIpc) is 2.35. The number of aryl methyl sites for hydroxylation is 3. The molecule has 4 unspecified atom stereocenters. The van der Waals surface area contributed by atoms with Crippen LogP contribution in [0.1, 0.15) is 70.8 Å². The monoisotopic (exact) mass is 1180 g/mol. The molecule has 85 heavy (non-hydrogen) atoms. The number of likely N-dealkylation sites (N-methyl/N-ethyl adjacent to an activating group) is 1. The fourth-order valence-electron chi connectivity index (χ4n) is 12.4. The molecule has 4 aromatic carbocycles. The quantitative estimate of drug-likeness (QED) is 0.0947. The Kier molecular flexibility index (Phi) is 16.3. The number of hydrogen-bond donors (Lipinski definition) is 1. The molecule has 19 nitrogen and oxygen atoms in total. The number of ether oxygens (including phenoxy) is 3. The molecule has 10 aromatic rings. The Bertz CT molecular complexity index is 4380. The molecule has 14 rings (SSSR count). The van der Waals surface area contributed by atoms with E-state index >= 15 is 0 Å². The van der Waals surface area contributed by atoms with Gasteiger partial charge in [-0.05, 0) is 129 Å². The molecule has 4 aliphatic rings. The minimum atomic E-state index is -1.31. The van der Waals surface area contributed by atoms with Crippen LogP contribution < -0.4 is 41.1 Å². The molecule has 3 aliphatic carbocycles. The zero-order valence-electron chi connectivity index (χ0n) is 48.1. The minimum Gasteiger partial charge on any atom is -0.496 e. The number of rotatable bonds is 11. The highest BCUT2D eigenvalue weighted by Gasteiger charge is 2.33. The van der Waals surface area contributed by atoms with Crippen molar-refractivity contribution < 1.29 is 18.4 Å². The van der Waals surface area contributed by atoms with Crippen LogP contribution in [0.4, 0.5) is 17.3 Å². The molecule has 1 aliphatic heterocycles. The Balaban J connectivity index is 0.000000129. The third-order valence-electron chi connectivity index (χ3n) is 16.5. The van der Waals surface area contributed by atoms with Crippen LogP contribution >= 0.6 is 11.8 Å². The first-order valence-electron chi connectivity index (χ1n) is 28.2. The van der Waals surface area contributed by atoms with Crippen LogP contribution in [0.2, 0.25) is 0 Å². The molecule has 1 fully saturated rings. The van der Waals surface area contributed by atoms with Gasteiger partial charge in [-0.2, -0.15) is 4.98 Å². The predicted molar refractivity (Wildman–Crippen MR) is 333 cm³/mol. The van der Waals surface area contributed by atoms with Crippen molar-refractivity contribution in [3.8, 4) is 17.2 Å². The molecule has 4 atom stereocenters. The van der Waals surface area contributed by atoms with Gasteiger partial charge in [-0.25, -0.2) is 24.9 Å². The third-order valence-corrected chi connectivity index (χ3v) is 17.8. The van der Waals surface area contributed by atoms with Gasteiger partial charge in [0.25, 0.3) is 16.7 Å². The number of piperazine rings is 1. The van der Waals surface area contributed by atoms with Gasteiger partial charge in [0.05, 0.1) is 50.3 Å². The first-order chi connectivity index (χ1) is 41.4. The predicted octanol–water partition coefficient (Wildman–Crippen LogP) is 8.96. The Morgan fingerprint density at radius 3 is 1.41 bits per heavy atom. The van der Waals surface area contributed by atoms with Gasteiger partial charge in [-0.1, -0.05) is 48.2 Å². The smallest absolute Gasteiger partial charge is 0.252 e. The van der Waals surface area contributed by atoms with E-state index in [1.54, 1.807) is 84.0 Å². The fourth-order valence-corrected chi connectivity index (χ4v) is 13.2. The normalized spacial score (nSPS) is 17.3. The molecule has 21 heteroatoms. The lowest BCUT2D eigenvalue weighted by molar-refractivity contribution is 0.313. The maximum absolute atomic E-state index is 13.1. The van der Waals surface area contributed by atoms with Gasteiger partial charge in [-0.3, -0.25) is 32.3 Å². The highest BCUT2D eigenvalue weighted by atomic mass is 32.2. The van der Waals surface area contributed by atoms with Crippen molar-refractivity contribution in [1.82, 2.24) is 48.5 Å².